The Hall–Kier alpha value is -0.530. The average molecular weight is 264 g/mol. The molecule has 108 valence electrons. The molecule has 4 aliphatic rings. The van der Waals surface area contributed by atoms with Gasteiger partial charge in [0.1, 0.15) is 5.60 Å². The van der Waals surface area contributed by atoms with Crippen molar-refractivity contribution in [3.63, 3.8) is 0 Å². The van der Waals surface area contributed by atoms with Crippen molar-refractivity contribution in [2.75, 3.05) is 0 Å². The summed E-state index contributed by atoms with van der Waals surface area (Å²) in [7, 11) is 0. The van der Waals surface area contributed by atoms with E-state index < -0.39 is 0 Å². The summed E-state index contributed by atoms with van der Waals surface area (Å²) < 4.78 is 6.10. The Morgan fingerprint density at radius 3 is 1.89 bits per heavy atom. The molecule has 4 saturated carbocycles. The standard InChI is InChI=1S/C17H28O2/c1-10(2)11(3)16(18)19-17(4)14-6-12-5-13(8-14)9-15(17)7-12/h10-15H,5-9H2,1-4H3. The lowest BCUT2D eigenvalue weighted by atomic mass is 9.50. The van der Waals surface area contributed by atoms with Crippen LogP contribution in [0.15, 0.2) is 0 Å². The molecule has 0 radical (unpaired) electrons. The number of esters is 1. The molecule has 1 unspecified atom stereocenters. The van der Waals surface area contributed by atoms with Gasteiger partial charge in [0, 0.05) is 0 Å². The molecular weight excluding hydrogens is 236 g/mol. The highest BCUT2D eigenvalue weighted by atomic mass is 16.6. The number of ether oxygens (including phenoxy) is 1. The van der Waals surface area contributed by atoms with Gasteiger partial charge in [-0.15, -0.1) is 0 Å². The van der Waals surface area contributed by atoms with Crippen molar-refractivity contribution in [3.05, 3.63) is 0 Å². The molecule has 2 heteroatoms. The van der Waals surface area contributed by atoms with Crippen molar-refractivity contribution in [1.29, 1.82) is 0 Å². The molecule has 4 fully saturated rings. The van der Waals surface area contributed by atoms with Crippen LogP contribution in [-0.4, -0.2) is 11.6 Å². The highest BCUT2D eigenvalue weighted by Crippen LogP contribution is 2.59. The first-order valence-electron chi connectivity index (χ1n) is 8.13. The smallest absolute Gasteiger partial charge is 0.309 e. The molecule has 0 N–H and O–H groups in total. The summed E-state index contributed by atoms with van der Waals surface area (Å²) >= 11 is 0. The van der Waals surface area contributed by atoms with Gasteiger partial charge in [0.2, 0.25) is 0 Å². The van der Waals surface area contributed by atoms with Crippen molar-refractivity contribution in [3.8, 4) is 0 Å². The van der Waals surface area contributed by atoms with Crippen LogP contribution in [0, 0.1) is 35.5 Å². The second-order valence-corrected chi connectivity index (χ2v) is 7.94. The van der Waals surface area contributed by atoms with E-state index in [-0.39, 0.29) is 17.5 Å². The zero-order valence-corrected chi connectivity index (χ0v) is 12.8. The molecule has 0 spiro atoms. The molecule has 0 aromatic carbocycles. The van der Waals surface area contributed by atoms with E-state index >= 15 is 0 Å². The van der Waals surface area contributed by atoms with Crippen LogP contribution in [-0.2, 0) is 9.53 Å². The summed E-state index contributed by atoms with van der Waals surface area (Å²) in [5, 5.41) is 0. The highest BCUT2D eigenvalue weighted by molar-refractivity contribution is 5.72. The van der Waals surface area contributed by atoms with Crippen molar-refractivity contribution >= 4 is 5.97 Å². The van der Waals surface area contributed by atoms with Crippen LogP contribution in [0.2, 0.25) is 0 Å². The maximum Gasteiger partial charge on any atom is 0.309 e. The van der Waals surface area contributed by atoms with E-state index in [1.165, 1.54) is 32.1 Å². The molecular formula is C17H28O2. The fourth-order valence-corrected chi connectivity index (χ4v) is 4.87. The van der Waals surface area contributed by atoms with Gasteiger partial charge in [-0.3, -0.25) is 4.79 Å². The second-order valence-electron chi connectivity index (χ2n) is 7.94. The third-order valence-corrected chi connectivity index (χ3v) is 6.45. The van der Waals surface area contributed by atoms with Gasteiger partial charge in [0.15, 0.2) is 0 Å². The average Bonchev–Trinajstić information content (AvgIpc) is 2.34. The van der Waals surface area contributed by atoms with Crippen LogP contribution in [0.25, 0.3) is 0 Å². The monoisotopic (exact) mass is 264 g/mol. The van der Waals surface area contributed by atoms with Gasteiger partial charge in [0.25, 0.3) is 0 Å². The first-order valence-corrected chi connectivity index (χ1v) is 8.13. The van der Waals surface area contributed by atoms with Crippen LogP contribution in [0.5, 0.6) is 0 Å². The zero-order chi connectivity index (χ0) is 13.8. The van der Waals surface area contributed by atoms with Crippen molar-refractivity contribution in [1.82, 2.24) is 0 Å². The zero-order valence-electron chi connectivity index (χ0n) is 12.8. The molecule has 19 heavy (non-hydrogen) atoms. The SMILES string of the molecule is CC(C)C(C)C(=O)OC1(C)C2CC3CC(C2)CC1C3. The van der Waals surface area contributed by atoms with Gasteiger partial charge >= 0.3 is 5.97 Å². The van der Waals surface area contributed by atoms with E-state index in [2.05, 4.69) is 20.8 Å². The summed E-state index contributed by atoms with van der Waals surface area (Å²) in [6, 6.07) is 0. The maximum absolute atomic E-state index is 12.4. The van der Waals surface area contributed by atoms with Gasteiger partial charge in [-0.1, -0.05) is 20.8 Å². The third kappa shape index (κ3) is 2.11. The summed E-state index contributed by atoms with van der Waals surface area (Å²) in [5.74, 6) is 3.54. The molecule has 4 rings (SSSR count). The summed E-state index contributed by atoms with van der Waals surface area (Å²) in [4.78, 5) is 12.4. The Morgan fingerprint density at radius 2 is 1.47 bits per heavy atom. The van der Waals surface area contributed by atoms with Crippen LogP contribution < -0.4 is 0 Å². The number of hydrogen-bond acceptors (Lipinski definition) is 2. The lowest BCUT2D eigenvalue weighted by Crippen LogP contribution is -2.58. The minimum atomic E-state index is -0.159. The van der Waals surface area contributed by atoms with Crippen LogP contribution in [0.3, 0.4) is 0 Å². The van der Waals surface area contributed by atoms with Crippen LogP contribution in [0.4, 0.5) is 0 Å². The number of rotatable bonds is 3. The Morgan fingerprint density at radius 1 is 1.00 bits per heavy atom. The number of hydrogen-bond donors (Lipinski definition) is 0. The van der Waals surface area contributed by atoms with E-state index in [0.29, 0.717) is 17.8 Å². The second kappa shape index (κ2) is 4.49. The largest absolute Gasteiger partial charge is 0.459 e. The van der Waals surface area contributed by atoms with Crippen molar-refractivity contribution in [2.24, 2.45) is 35.5 Å². The van der Waals surface area contributed by atoms with E-state index in [9.17, 15) is 4.79 Å². The normalized spacial score (nSPS) is 45.5. The van der Waals surface area contributed by atoms with E-state index in [0.717, 1.165) is 11.8 Å². The molecule has 0 heterocycles. The summed E-state index contributed by atoms with van der Waals surface area (Å²) in [5.41, 5.74) is -0.159. The van der Waals surface area contributed by atoms with E-state index in [1.807, 2.05) is 6.92 Å². The van der Waals surface area contributed by atoms with Gasteiger partial charge < -0.3 is 4.74 Å². The van der Waals surface area contributed by atoms with Gasteiger partial charge in [-0.05, 0) is 68.6 Å². The van der Waals surface area contributed by atoms with Gasteiger partial charge in [0.05, 0.1) is 5.92 Å². The maximum atomic E-state index is 12.4. The topological polar surface area (TPSA) is 26.3 Å². The number of carbonyl (C=O) groups excluding carboxylic acids is 1. The Labute approximate surface area is 117 Å². The quantitative estimate of drug-likeness (QED) is 0.719. The molecule has 0 saturated heterocycles. The fourth-order valence-electron chi connectivity index (χ4n) is 4.87. The first-order chi connectivity index (χ1) is 8.90. The summed E-state index contributed by atoms with van der Waals surface area (Å²) in [6.07, 6.45) is 6.64. The van der Waals surface area contributed by atoms with Crippen LogP contribution >= 0.6 is 0 Å². The minimum absolute atomic E-state index is 0.0222. The Bertz CT molecular complexity index is 343. The third-order valence-electron chi connectivity index (χ3n) is 6.45. The lowest BCUT2D eigenvalue weighted by molar-refractivity contribution is -0.207. The molecule has 1 atom stereocenters. The Kier molecular flexibility index (Phi) is 3.18. The molecule has 0 aromatic rings. The minimum Gasteiger partial charge on any atom is -0.459 e. The first kappa shape index (κ1) is 13.5. The predicted octanol–water partition coefficient (Wildman–Crippen LogP) is 4.04. The van der Waals surface area contributed by atoms with Crippen LogP contribution in [0.1, 0.15) is 59.8 Å². The molecule has 2 nitrogen and oxygen atoms in total. The molecule has 4 aliphatic carbocycles. The lowest BCUT2D eigenvalue weighted by Gasteiger charge is -2.59. The van der Waals surface area contributed by atoms with Crippen molar-refractivity contribution < 1.29 is 9.53 Å². The molecule has 4 bridgehead atoms. The van der Waals surface area contributed by atoms with Gasteiger partial charge in [-0.2, -0.15) is 0 Å². The molecule has 0 aliphatic heterocycles. The fraction of sp³-hybridized carbons (Fsp3) is 0.941. The van der Waals surface area contributed by atoms with E-state index in [4.69, 9.17) is 4.74 Å². The molecule has 0 aromatic heterocycles. The molecule has 0 amide bonds. The predicted molar refractivity (Wildman–Crippen MR) is 75.5 cm³/mol. The van der Waals surface area contributed by atoms with E-state index in [1.54, 1.807) is 0 Å². The van der Waals surface area contributed by atoms with Crippen molar-refractivity contribution in [2.45, 2.75) is 65.4 Å². The highest BCUT2D eigenvalue weighted by Gasteiger charge is 2.57. The van der Waals surface area contributed by atoms with Gasteiger partial charge in [-0.25, -0.2) is 0 Å². The Balaban J connectivity index is 1.74. The summed E-state index contributed by atoms with van der Waals surface area (Å²) in [6.45, 7) is 8.44. The number of carbonyl (C=O) groups is 1.